The number of rotatable bonds is 1. The van der Waals surface area contributed by atoms with E-state index in [0.717, 1.165) is 17.5 Å². The topological polar surface area (TPSA) is 69.2 Å². The second kappa shape index (κ2) is 3.29. The Labute approximate surface area is 82.1 Å². The molecule has 0 N–H and O–H groups in total. The van der Waals surface area contributed by atoms with Crippen molar-refractivity contribution >= 4 is 9.84 Å². The van der Waals surface area contributed by atoms with Crippen molar-refractivity contribution < 1.29 is 13.2 Å². The van der Waals surface area contributed by atoms with Crippen molar-refractivity contribution in [2.24, 2.45) is 0 Å². The van der Waals surface area contributed by atoms with Gasteiger partial charge in [-0.2, -0.15) is 0 Å². The van der Waals surface area contributed by atoms with Gasteiger partial charge in [0.25, 0.3) is 0 Å². The van der Waals surface area contributed by atoms with Gasteiger partial charge in [-0.3, -0.25) is 0 Å². The Balaban J connectivity index is 2.49. The van der Waals surface area contributed by atoms with Crippen LogP contribution in [-0.2, 0) is 27.6 Å². The maximum atomic E-state index is 11.2. The first kappa shape index (κ1) is 9.54. The molecule has 0 spiro atoms. The molecule has 0 unspecified atom stereocenters. The van der Waals surface area contributed by atoms with Crippen LogP contribution in [0.3, 0.4) is 0 Å². The zero-order valence-electron chi connectivity index (χ0n) is 7.73. The van der Waals surface area contributed by atoms with Gasteiger partial charge in [0.05, 0.1) is 18.9 Å². The summed E-state index contributed by atoms with van der Waals surface area (Å²) in [5, 5.41) is -0.0989. The average molecular weight is 214 g/mol. The van der Waals surface area contributed by atoms with Crippen LogP contribution in [0.25, 0.3) is 0 Å². The van der Waals surface area contributed by atoms with Crippen molar-refractivity contribution in [2.75, 3.05) is 12.9 Å². The molecule has 0 radical (unpaired) electrons. The number of hydrogen-bond acceptors (Lipinski definition) is 5. The quantitative estimate of drug-likeness (QED) is 0.613. The van der Waals surface area contributed by atoms with E-state index >= 15 is 0 Å². The first-order chi connectivity index (χ1) is 6.57. The lowest BCUT2D eigenvalue weighted by atomic mass is 10.1. The molecule has 0 atom stereocenters. The molecule has 0 aliphatic carbocycles. The molecule has 2 rings (SSSR count). The van der Waals surface area contributed by atoms with Crippen LogP contribution in [0.2, 0.25) is 0 Å². The molecule has 5 nitrogen and oxygen atoms in total. The van der Waals surface area contributed by atoms with Crippen LogP contribution in [0.15, 0.2) is 11.4 Å². The Kier molecular flexibility index (Phi) is 2.24. The predicted molar refractivity (Wildman–Crippen MR) is 48.5 cm³/mol. The third kappa shape index (κ3) is 1.76. The molecule has 2 heterocycles. The van der Waals surface area contributed by atoms with Crippen molar-refractivity contribution in [1.82, 2.24) is 9.97 Å². The molecule has 1 aliphatic rings. The highest BCUT2D eigenvalue weighted by atomic mass is 32.2. The fourth-order valence-electron chi connectivity index (χ4n) is 1.29. The minimum Gasteiger partial charge on any atom is -0.376 e. The van der Waals surface area contributed by atoms with Crippen molar-refractivity contribution in [3.8, 4) is 0 Å². The highest BCUT2D eigenvalue weighted by molar-refractivity contribution is 7.90. The molecule has 76 valence electrons. The van der Waals surface area contributed by atoms with Gasteiger partial charge in [0.2, 0.25) is 15.0 Å². The Bertz CT molecular complexity index is 456. The number of sulfone groups is 1. The number of aromatic nitrogens is 2. The lowest BCUT2D eigenvalue weighted by molar-refractivity contribution is 0.108. The molecule has 0 aromatic carbocycles. The molecule has 0 amide bonds. The first-order valence-electron chi connectivity index (χ1n) is 4.20. The molecular formula is C8H10N2O3S. The maximum Gasteiger partial charge on any atom is 0.246 e. The zero-order valence-corrected chi connectivity index (χ0v) is 8.54. The summed E-state index contributed by atoms with van der Waals surface area (Å²) in [6.07, 6.45) is 3.28. The maximum absolute atomic E-state index is 11.2. The van der Waals surface area contributed by atoms with Gasteiger partial charge in [-0.05, 0) is 0 Å². The SMILES string of the molecule is CS(=O)(=O)c1ncc2c(n1)CCOC2. The summed E-state index contributed by atoms with van der Waals surface area (Å²) in [5.41, 5.74) is 1.66. The van der Waals surface area contributed by atoms with Gasteiger partial charge in [-0.1, -0.05) is 0 Å². The van der Waals surface area contributed by atoms with Crippen molar-refractivity contribution in [3.63, 3.8) is 0 Å². The normalized spacial score (nSPS) is 16.4. The second-order valence-electron chi connectivity index (χ2n) is 3.20. The average Bonchev–Trinajstić information content (AvgIpc) is 2.16. The highest BCUT2D eigenvalue weighted by Crippen LogP contribution is 2.14. The summed E-state index contributed by atoms with van der Waals surface area (Å²) in [7, 11) is -3.30. The van der Waals surface area contributed by atoms with E-state index in [1.165, 1.54) is 6.20 Å². The van der Waals surface area contributed by atoms with Crippen LogP contribution >= 0.6 is 0 Å². The summed E-state index contributed by atoms with van der Waals surface area (Å²) in [6.45, 7) is 1.06. The second-order valence-corrected chi connectivity index (χ2v) is 5.11. The van der Waals surface area contributed by atoms with E-state index in [9.17, 15) is 8.42 Å². The number of fused-ring (bicyclic) bond motifs is 1. The lowest BCUT2D eigenvalue weighted by Gasteiger charge is -2.14. The third-order valence-electron chi connectivity index (χ3n) is 2.00. The van der Waals surface area contributed by atoms with Crippen LogP contribution in [0, 0.1) is 0 Å². The van der Waals surface area contributed by atoms with Gasteiger partial charge < -0.3 is 4.74 Å². The molecule has 0 bridgehead atoms. The summed E-state index contributed by atoms with van der Waals surface area (Å²) in [4.78, 5) is 7.79. The van der Waals surface area contributed by atoms with Crippen LogP contribution in [-0.4, -0.2) is 31.2 Å². The van der Waals surface area contributed by atoms with Crippen molar-refractivity contribution in [1.29, 1.82) is 0 Å². The smallest absolute Gasteiger partial charge is 0.246 e. The zero-order chi connectivity index (χ0) is 10.2. The Hall–Kier alpha value is -1.01. The Morgan fingerprint density at radius 1 is 1.50 bits per heavy atom. The largest absolute Gasteiger partial charge is 0.376 e. The van der Waals surface area contributed by atoms with Crippen LogP contribution in [0.5, 0.6) is 0 Å². The summed E-state index contributed by atoms with van der Waals surface area (Å²) in [6, 6.07) is 0. The Morgan fingerprint density at radius 2 is 2.29 bits per heavy atom. The summed E-state index contributed by atoms with van der Waals surface area (Å²) < 4.78 is 27.5. The van der Waals surface area contributed by atoms with Gasteiger partial charge in [0.1, 0.15) is 0 Å². The molecule has 14 heavy (non-hydrogen) atoms. The standard InChI is InChI=1S/C8H10N2O3S/c1-14(11,12)8-9-4-6-5-13-3-2-7(6)10-8/h4H,2-3,5H2,1H3. The minimum atomic E-state index is -3.30. The van der Waals surface area contributed by atoms with E-state index in [4.69, 9.17) is 4.74 Å². The molecule has 0 fully saturated rings. The molecule has 1 aromatic heterocycles. The van der Waals surface area contributed by atoms with E-state index < -0.39 is 9.84 Å². The van der Waals surface area contributed by atoms with Crippen LogP contribution in [0.4, 0.5) is 0 Å². The van der Waals surface area contributed by atoms with E-state index in [1.54, 1.807) is 0 Å². The minimum absolute atomic E-state index is 0.0989. The fourth-order valence-corrected chi connectivity index (χ4v) is 1.81. The van der Waals surface area contributed by atoms with Crippen molar-refractivity contribution in [3.05, 3.63) is 17.5 Å². The fraction of sp³-hybridized carbons (Fsp3) is 0.500. The molecule has 0 saturated carbocycles. The van der Waals surface area contributed by atoms with E-state index in [0.29, 0.717) is 19.6 Å². The predicted octanol–water partition coefficient (Wildman–Crippen LogP) is -0.0472. The van der Waals surface area contributed by atoms with Gasteiger partial charge in [0, 0.05) is 24.4 Å². The third-order valence-corrected chi connectivity index (χ3v) is 2.86. The monoisotopic (exact) mass is 214 g/mol. The molecular weight excluding hydrogens is 204 g/mol. The van der Waals surface area contributed by atoms with E-state index in [1.807, 2.05) is 0 Å². The van der Waals surface area contributed by atoms with Crippen LogP contribution < -0.4 is 0 Å². The van der Waals surface area contributed by atoms with E-state index in [-0.39, 0.29) is 5.16 Å². The molecule has 1 aliphatic heterocycles. The van der Waals surface area contributed by atoms with Gasteiger partial charge in [-0.25, -0.2) is 18.4 Å². The van der Waals surface area contributed by atoms with E-state index in [2.05, 4.69) is 9.97 Å². The highest BCUT2D eigenvalue weighted by Gasteiger charge is 2.16. The lowest BCUT2D eigenvalue weighted by Crippen LogP contribution is -2.15. The van der Waals surface area contributed by atoms with Crippen LogP contribution in [0.1, 0.15) is 11.3 Å². The number of ether oxygens (including phenoxy) is 1. The summed E-state index contributed by atoms with van der Waals surface area (Å²) in [5.74, 6) is 0. The Morgan fingerprint density at radius 3 is 3.00 bits per heavy atom. The van der Waals surface area contributed by atoms with Crippen molar-refractivity contribution in [2.45, 2.75) is 18.2 Å². The van der Waals surface area contributed by atoms with Gasteiger partial charge >= 0.3 is 0 Å². The first-order valence-corrected chi connectivity index (χ1v) is 6.09. The number of hydrogen-bond donors (Lipinski definition) is 0. The van der Waals surface area contributed by atoms with Gasteiger partial charge in [-0.15, -0.1) is 0 Å². The summed E-state index contributed by atoms with van der Waals surface area (Å²) >= 11 is 0. The molecule has 0 saturated heterocycles. The molecule has 6 heteroatoms. The number of nitrogens with zero attached hydrogens (tertiary/aromatic N) is 2. The van der Waals surface area contributed by atoms with Gasteiger partial charge in [0.15, 0.2) is 0 Å². The molecule has 1 aromatic rings.